The van der Waals surface area contributed by atoms with Crippen molar-refractivity contribution >= 4 is 166 Å². The molecule has 15 rings (SSSR count). The van der Waals surface area contributed by atoms with E-state index in [0.717, 1.165) is 91.6 Å². The summed E-state index contributed by atoms with van der Waals surface area (Å²) in [5, 5.41) is -0.388. The lowest BCUT2D eigenvalue weighted by molar-refractivity contribution is -0.109. The molecule has 0 aliphatic carbocycles. The molecule has 0 bridgehead atoms. The molecule has 4 unspecified atom stereocenters. The van der Waals surface area contributed by atoms with Crippen molar-refractivity contribution in [3.63, 3.8) is 0 Å². The average Bonchev–Trinajstić information content (AvgIpc) is 1.67. The largest absolute Gasteiger partial charge is 0.496 e. The van der Waals surface area contributed by atoms with Crippen molar-refractivity contribution in [1.29, 1.82) is 0 Å². The first-order chi connectivity index (χ1) is 71.7. The number of aryl methyl sites for hydroxylation is 4. The second-order valence-electron chi connectivity index (χ2n) is 32.4. The summed E-state index contributed by atoms with van der Waals surface area (Å²) in [6, 6.07) is 55.4. The van der Waals surface area contributed by atoms with Gasteiger partial charge in [0.25, 0.3) is 22.2 Å². The van der Waals surface area contributed by atoms with Gasteiger partial charge in [0.2, 0.25) is 39.1 Å². The molecule has 0 saturated carbocycles. The minimum atomic E-state index is -3.69. The number of hydrogen-bond donors (Lipinski definition) is 8. The highest BCUT2D eigenvalue weighted by atomic mass is 32.2. The summed E-state index contributed by atoms with van der Waals surface area (Å²) >= 11 is 4.30. The summed E-state index contributed by atoms with van der Waals surface area (Å²) in [4.78, 5) is 138. The topological polar surface area (TPSA) is 615 Å². The van der Waals surface area contributed by atoms with Crippen LogP contribution in [0.4, 0.5) is 23.8 Å². The Labute approximate surface area is 870 Å². The maximum Gasteiger partial charge on any atom is 0.356 e. The van der Waals surface area contributed by atoms with E-state index in [4.69, 9.17) is 82.8 Å². The third-order valence-corrected chi connectivity index (χ3v) is 30.7. The van der Waals surface area contributed by atoms with Crippen molar-refractivity contribution in [2.75, 3.05) is 131 Å². The van der Waals surface area contributed by atoms with Gasteiger partial charge in [-0.2, -0.15) is 19.9 Å². The molecule has 7 aromatic carbocycles. The molecule has 0 spiro atoms. The molecule has 0 fully saturated rings. The van der Waals surface area contributed by atoms with Crippen molar-refractivity contribution in [3.05, 3.63) is 310 Å². The number of methoxy groups -OCH3 is 1. The van der Waals surface area contributed by atoms with E-state index in [2.05, 4.69) is 59.8 Å². The van der Waals surface area contributed by atoms with E-state index in [1.165, 1.54) is 32.2 Å². The third kappa shape index (κ3) is 36.7. The zero-order valence-electron chi connectivity index (χ0n) is 81.9. The fourth-order valence-electron chi connectivity index (χ4n) is 13.3. The van der Waals surface area contributed by atoms with E-state index in [1.54, 1.807) is 61.8 Å². The molecule has 0 amide bonds. The van der Waals surface area contributed by atoms with Crippen molar-refractivity contribution < 1.29 is 97.3 Å². The summed E-state index contributed by atoms with van der Waals surface area (Å²) in [5.74, 6) is 1.78. The first-order valence-electron chi connectivity index (χ1n) is 46.0. The van der Waals surface area contributed by atoms with Gasteiger partial charge in [-0.05, 0) is 67.6 Å². The molecule has 45 nitrogen and oxygen atoms in total. The van der Waals surface area contributed by atoms with Crippen LogP contribution in [0.1, 0.15) is 82.5 Å². The molecule has 149 heavy (non-hydrogen) atoms. The maximum atomic E-state index is 13.5. The van der Waals surface area contributed by atoms with Crippen LogP contribution in [0, 0.1) is 27.7 Å². The summed E-state index contributed by atoms with van der Waals surface area (Å²) in [5.41, 5.74) is 31.9. The Balaban J connectivity index is 0.000000177. The highest BCUT2D eigenvalue weighted by Gasteiger charge is 2.31. The van der Waals surface area contributed by atoms with Crippen LogP contribution in [0.3, 0.4) is 0 Å². The smallest absolute Gasteiger partial charge is 0.356 e. The van der Waals surface area contributed by atoms with Crippen LogP contribution in [0.25, 0.3) is 44.7 Å². The van der Waals surface area contributed by atoms with Crippen molar-refractivity contribution in [3.8, 4) is 5.75 Å². The molecule has 8 heterocycles. The van der Waals surface area contributed by atoms with E-state index in [9.17, 15) is 56.6 Å². The Hall–Kier alpha value is -12.5. The van der Waals surface area contributed by atoms with Gasteiger partial charge in [-0.3, -0.25) is 76.6 Å². The monoisotopic (exact) mass is 2200 g/mol. The van der Waals surface area contributed by atoms with Gasteiger partial charge in [0, 0.05) is 72.8 Å². The maximum absolute atomic E-state index is 13.5. The van der Waals surface area contributed by atoms with E-state index >= 15 is 0 Å². The molecule has 4 atom stereocenters. The second kappa shape index (κ2) is 57.5. The number of imidazole rings is 4. The van der Waals surface area contributed by atoms with Crippen molar-refractivity contribution in [1.82, 2.24) is 78.1 Å². The predicted molar refractivity (Wildman–Crippen MR) is 571 cm³/mol. The number of nitrogens with two attached hydrogens (primary N) is 4. The van der Waals surface area contributed by atoms with Gasteiger partial charge in [0.15, 0.2) is 49.8 Å². The molecule has 0 saturated heterocycles. The van der Waals surface area contributed by atoms with Gasteiger partial charge in [-0.1, -0.05) is 234 Å². The lowest BCUT2D eigenvalue weighted by Crippen LogP contribution is -2.13. The molecule has 0 aliphatic rings. The second-order valence-corrected chi connectivity index (χ2v) is 44.8. The first kappa shape index (κ1) is 115. The van der Waals surface area contributed by atoms with Gasteiger partial charge < -0.3 is 101 Å². The standard InChI is InChI=1S/C26H30N5O7PS.2C25H28N5O6PS.C20H26N5O6PS/c1-18-8-9-20(14-21(18)35-2)25(33)40-13-12-37-39(34,38-15-19-6-4-3-5-7-19)17-36-11-10-31-16-28-22-23(31)29-26(27)30-24(22)32;2*1-18-7-9-20(10-8-18)24(32)38-14-13-35-37(33,36-15-19-5-3-2-4-6-19)17-34-12-11-30-16-27-21-22(30)28-25(26)29-23(21)31;1-14-3-5-16(6-4-14)11-31-32(28,30-9-10-33-15(2)26)13-29-8-7-25-12-22-17-18(25)23-20(21)24-19(17)27/h3-9,14,16H,10-13,15,17H2,1-2H3,(H3,27,29,30,32);2*2-10,16H,11-15,17H2,1H3,(H3,26,28,29,31);3-6,12H,7-11,13H2,1-2H3,(H3,21,23,24,27). The minimum absolute atomic E-state index is 0.00691. The highest BCUT2D eigenvalue weighted by molar-refractivity contribution is 8.14. The number of rotatable bonds is 52. The quantitative estimate of drug-likeness (QED) is 0.0130. The van der Waals surface area contributed by atoms with Crippen LogP contribution >= 0.6 is 77.4 Å². The number of nitrogens with zero attached hydrogens (tertiary/aromatic N) is 12. The fraction of sp³-hybridized carbons (Fsp3) is 0.312. The van der Waals surface area contributed by atoms with Gasteiger partial charge >= 0.3 is 30.4 Å². The lowest BCUT2D eigenvalue weighted by atomic mass is 10.1. The Bertz CT molecular complexity index is 7220. The highest BCUT2D eigenvalue weighted by Crippen LogP contribution is 2.52. The number of aromatic amines is 4. The van der Waals surface area contributed by atoms with E-state index in [0.29, 0.717) is 68.8 Å². The summed E-state index contributed by atoms with van der Waals surface area (Å²) in [6.45, 7) is 11.4. The van der Waals surface area contributed by atoms with E-state index in [1.807, 2.05) is 173 Å². The van der Waals surface area contributed by atoms with Gasteiger partial charge in [0.05, 0.1) is 112 Å². The predicted octanol–water partition coefficient (Wildman–Crippen LogP) is 14.7. The van der Waals surface area contributed by atoms with Crippen molar-refractivity contribution in [2.24, 2.45) is 0 Å². The van der Waals surface area contributed by atoms with E-state index < -0.39 is 52.6 Å². The van der Waals surface area contributed by atoms with Gasteiger partial charge in [-0.15, -0.1) is 0 Å². The number of aromatic nitrogens is 16. The normalized spacial score (nSPS) is 13.0. The molecule has 12 N–H and O–H groups in total. The molecule has 8 aromatic heterocycles. The van der Waals surface area contributed by atoms with Crippen LogP contribution in [0.2, 0.25) is 0 Å². The number of ether oxygens (including phenoxy) is 5. The SMILES string of the molecule is CC(=O)SCCOP(=O)(COCCn1cnc2c(=O)[nH]c(N)nc21)OCc1ccc(C)cc1.COc1cc(C(=O)SCCOP(=O)(COCCn2cnc3c(=O)[nH]c(N)nc32)OCc2ccccc2)ccc1C.Cc1ccc(C(=O)SCCOP(=O)(COCCn2cnc3c(=O)[nH]c(N)nc32)OCc2ccccc2)cc1.Cc1ccc(C(=O)SCCOP(=O)(COCCn2cnc3c(=O)[nH]c(N)nc32)OCc2ccccc2)cc1. The summed E-state index contributed by atoms with van der Waals surface area (Å²) in [7, 11) is -13.0. The van der Waals surface area contributed by atoms with Crippen LogP contribution in [0.15, 0.2) is 226 Å². The molecule has 0 radical (unpaired) electrons. The number of fused-ring (bicyclic) bond motifs is 4. The lowest BCUT2D eigenvalue weighted by Gasteiger charge is -2.19. The average molecular weight is 2200 g/mol. The number of anilines is 4. The number of hydrogen-bond acceptors (Lipinski definition) is 41. The molecular weight excluding hydrogens is 2090 g/mol. The zero-order valence-corrected chi connectivity index (χ0v) is 88.7. The Morgan fingerprint density at radius 1 is 0.329 bits per heavy atom. The minimum Gasteiger partial charge on any atom is -0.496 e. The number of carbonyl (C=O) groups excluding carboxylic acids is 4. The molecule has 0 aliphatic heterocycles. The van der Waals surface area contributed by atoms with E-state index in [-0.39, 0.29) is 196 Å². The summed E-state index contributed by atoms with van der Waals surface area (Å²) < 4.78 is 133. The fourth-order valence-corrected chi connectivity index (χ4v) is 21.4. The number of benzene rings is 7. The number of carbonyl (C=O) groups is 4. The molecule has 15 aromatic rings. The van der Waals surface area contributed by atoms with Crippen LogP contribution in [0.5, 0.6) is 5.75 Å². The zero-order chi connectivity index (χ0) is 106. The van der Waals surface area contributed by atoms with Crippen LogP contribution in [-0.4, -0.2) is 207 Å². The van der Waals surface area contributed by atoms with Crippen LogP contribution < -0.4 is 49.9 Å². The summed E-state index contributed by atoms with van der Waals surface area (Å²) in [6.07, 6.45) is 4.66. The Kier molecular flexibility index (Phi) is 44.4. The van der Waals surface area contributed by atoms with Gasteiger partial charge in [0.1, 0.15) is 31.1 Å². The molecular formula is C96H112N20O25P4S4. The number of nitrogen functional groups attached to an aromatic ring is 4. The Morgan fingerprint density at radius 3 is 0.859 bits per heavy atom. The number of nitrogens with one attached hydrogen (secondary N) is 4. The van der Waals surface area contributed by atoms with Crippen LogP contribution in [-0.2, 0) is 131 Å². The first-order valence-corrected chi connectivity index (χ1v) is 56.8. The molecule has 53 heteroatoms. The Morgan fingerprint density at radius 2 is 0.584 bits per heavy atom. The number of H-pyrrole nitrogens is 4. The van der Waals surface area contributed by atoms with Gasteiger partial charge in [-0.25, -0.2) is 19.9 Å². The van der Waals surface area contributed by atoms with Crippen molar-refractivity contribution in [2.45, 2.75) is 87.2 Å². The third-order valence-electron chi connectivity index (χ3n) is 20.9. The molecule has 790 valence electrons. The number of thioether (sulfide) groups is 4.